The highest BCUT2D eigenvalue weighted by Crippen LogP contribution is 2.33. The molecule has 0 aliphatic rings. The third-order valence-electron chi connectivity index (χ3n) is 5.16. The summed E-state index contributed by atoms with van der Waals surface area (Å²) in [5, 5.41) is 3.51. The van der Waals surface area contributed by atoms with E-state index < -0.39 is 5.43 Å². The van der Waals surface area contributed by atoms with E-state index in [1.807, 2.05) is 37.3 Å². The summed E-state index contributed by atoms with van der Waals surface area (Å²) in [4.78, 5) is 25.7. The van der Waals surface area contributed by atoms with Gasteiger partial charge in [-0.3, -0.25) is 9.59 Å². The molecule has 0 fully saturated rings. The van der Waals surface area contributed by atoms with Crippen LogP contribution in [0.4, 0.5) is 0 Å². The van der Waals surface area contributed by atoms with Gasteiger partial charge in [0.25, 0.3) is 5.91 Å². The number of rotatable bonds is 7. The Bertz CT molecular complexity index is 1350. The van der Waals surface area contributed by atoms with Crippen molar-refractivity contribution in [2.45, 2.75) is 13.5 Å². The summed E-state index contributed by atoms with van der Waals surface area (Å²) in [5.74, 6) is 0.475. The Morgan fingerprint density at radius 3 is 2.48 bits per heavy atom. The number of methoxy groups -OCH3 is 1. The van der Waals surface area contributed by atoms with Gasteiger partial charge < -0.3 is 19.2 Å². The van der Waals surface area contributed by atoms with Gasteiger partial charge in [0.2, 0.25) is 11.2 Å². The Morgan fingerprint density at radius 1 is 1.06 bits per heavy atom. The smallest absolute Gasteiger partial charge is 0.258 e. The quantitative estimate of drug-likeness (QED) is 0.411. The van der Waals surface area contributed by atoms with Crippen LogP contribution in [0.1, 0.15) is 11.1 Å². The van der Waals surface area contributed by atoms with E-state index in [0.717, 1.165) is 11.1 Å². The van der Waals surface area contributed by atoms with Crippen molar-refractivity contribution in [3.63, 3.8) is 0 Å². The zero-order valence-corrected chi connectivity index (χ0v) is 18.9. The van der Waals surface area contributed by atoms with Gasteiger partial charge in [-0.25, -0.2) is 0 Å². The number of halogens is 1. The first kappa shape index (κ1) is 22.4. The van der Waals surface area contributed by atoms with Crippen LogP contribution >= 0.6 is 11.6 Å². The molecule has 0 saturated carbocycles. The molecule has 7 heteroatoms. The molecule has 3 aromatic carbocycles. The van der Waals surface area contributed by atoms with Crippen LogP contribution in [0.15, 0.2) is 75.9 Å². The number of carbonyl (C=O) groups is 1. The Hall–Kier alpha value is -3.77. The van der Waals surface area contributed by atoms with Crippen molar-refractivity contribution in [3.8, 4) is 22.8 Å². The summed E-state index contributed by atoms with van der Waals surface area (Å²) in [7, 11) is 1.57. The fraction of sp³-hybridized carbons (Fsp3) is 0.154. The maximum atomic E-state index is 13.3. The second-order valence-electron chi connectivity index (χ2n) is 7.47. The second kappa shape index (κ2) is 9.79. The van der Waals surface area contributed by atoms with Crippen molar-refractivity contribution < 1.29 is 18.7 Å². The molecule has 0 unspecified atom stereocenters. The van der Waals surface area contributed by atoms with Gasteiger partial charge in [0, 0.05) is 17.1 Å². The molecule has 168 valence electrons. The summed E-state index contributed by atoms with van der Waals surface area (Å²) < 4.78 is 17.0. The molecule has 4 aromatic rings. The standard InChI is InChI=1S/C26H22ClNO5/c1-16-12-22-20(13-21(16)27)24(30)26(25(33-22)18-8-10-19(31-2)11-9-18)32-15-23(29)28-14-17-6-4-3-5-7-17/h3-13H,14-15H2,1-2H3,(H,28,29). The number of aryl methyl sites for hydroxylation is 1. The number of ether oxygens (including phenoxy) is 2. The zero-order valence-electron chi connectivity index (χ0n) is 18.2. The first-order valence-electron chi connectivity index (χ1n) is 10.3. The molecule has 0 spiro atoms. The fourth-order valence-electron chi connectivity index (χ4n) is 3.35. The van der Waals surface area contributed by atoms with E-state index in [-0.39, 0.29) is 29.4 Å². The van der Waals surface area contributed by atoms with Gasteiger partial charge >= 0.3 is 0 Å². The number of hydrogen-bond donors (Lipinski definition) is 1. The highest BCUT2D eigenvalue weighted by Gasteiger charge is 2.20. The van der Waals surface area contributed by atoms with Gasteiger partial charge in [0.1, 0.15) is 11.3 Å². The third kappa shape index (κ3) is 5.02. The van der Waals surface area contributed by atoms with E-state index >= 15 is 0 Å². The molecular weight excluding hydrogens is 442 g/mol. The normalized spacial score (nSPS) is 10.8. The Labute approximate surface area is 195 Å². The van der Waals surface area contributed by atoms with Crippen molar-refractivity contribution in [2.24, 2.45) is 0 Å². The van der Waals surface area contributed by atoms with Gasteiger partial charge in [-0.05, 0) is 54.4 Å². The SMILES string of the molecule is COc1ccc(-c2oc3cc(C)c(Cl)cc3c(=O)c2OCC(=O)NCc2ccccc2)cc1. The van der Waals surface area contributed by atoms with Crippen molar-refractivity contribution in [1.82, 2.24) is 5.32 Å². The molecule has 1 N–H and O–H groups in total. The van der Waals surface area contributed by atoms with Crippen molar-refractivity contribution >= 4 is 28.5 Å². The molecule has 0 radical (unpaired) electrons. The first-order valence-corrected chi connectivity index (χ1v) is 10.7. The monoisotopic (exact) mass is 463 g/mol. The highest BCUT2D eigenvalue weighted by atomic mass is 35.5. The minimum absolute atomic E-state index is 0.0533. The lowest BCUT2D eigenvalue weighted by Gasteiger charge is -2.13. The van der Waals surface area contributed by atoms with Gasteiger partial charge in [-0.1, -0.05) is 41.9 Å². The average Bonchev–Trinajstić information content (AvgIpc) is 2.84. The summed E-state index contributed by atoms with van der Waals surface area (Å²) in [6, 6.07) is 19.8. The Kier molecular flexibility index (Phi) is 6.66. The number of amides is 1. The molecule has 1 amide bonds. The highest BCUT2D eigenvalue weighted by molar-refractivity contribution is 6.32. The van der Waals surface area contributed by atoms with Gasteiger partial charge in [0.05, 0.1) is 12.5 Å². The van der Waals surface area contributed by atoms with Crippen LogP contribution in [0.2, 0.25) is 5.02 Å². The summed E-state index contributed by atoms with van der Waals surface area (Å²) in [6.45, 7) is 1.84. The summed E-state index contributed by atoms with van der Waals surface area (Å²) >= 11 is 6.23. The van der Waals surface area contributed by atoms with Crippen LogP contribution in [0.5, 0.6) is 11.5 Å². The molecule has 0 atom stereocenters. The molecule has 0 aliphatic heterocycles. The molecule has 4 rings (SSSR count). The number of carbonyl (C=O) groups excluding carboxylic acids is 1. The predicted octanol–water partition coefficient (Wildman–Crippen LogP) is 5.13. The molecule has 1 aromatic heterocycles. The van der Waals surface area contributed by atoms with Crippen LogP contribution < -0.4 is 20.2 Å². The van der Waals surface area contributed by atoms with E-state index in [9.17, 15) is 9.59 Å². The number of nitrogens with one attached hydrogen (secondary N) is 1. The number of hydrogen-bond acceptors (Lipinski definition) is 5. The third-order valence-corrected chi connectivity index (χ3v) is 5.57. The zero-order chi connectivity index (χ0) is 23.4. The van der Waals surface area contributed by atoms with E-state index in [4.69, 9.17) is 25.5 Å². The maximum Gasteiger partial charge on any atom is 0.258 e. The topological polar surface area (TPSA) is 77.8 Å². The molecular formula is C26H22ClNO5. The van der Waals surface area contributed by atoms with Gasteiger partial charge in [-0.15, -0.1) is 0 Å². The van der Waals surface area contributed by atoms with Crippen molar-refractivity contribution in [2.75, 3.05) is 13.7 Å². The van der Waals surface area contributed by atoms with Crippen molar-refractivity contribution in [3.05, 3.63) is 93.1 Å². The molecule has 33 heavy (non-hydrogen) atoms. The van der Waals surface area contributed by atoms with Crippen LogP contribution in [-0.4, -0.2) is 19.6 Å². The number of fused-ring (bicyclic) bond motifs is 1. The summed E-state index contributed by atoms with van der Waals surface area (Å²) in [6.07, 6.45) is 0. The maximum absolute atomic E-state index is 13.3. The Balaban J connectivity index is 1.66. The lowest BCUT2D eigenvalue weighted by molar-refractivity contribution is -0.123. The van der Waals surface area contributed by atoms with E-state index in [1.54, 1.807) is 43.5 Å². The summed E-state index contributed by atoms with van der Waals surface area (Å²) in [5.41, 5.74) is 2.33. The fourth-order valence-corrected chi connectivity index (χ4v) is 3.51. The van der Waals surface area contributed by atoms with Crippen LogP contribution in [0, 0.1) is 6.92 Å². The van der Waals surface area contributed by atoms with Crippen LogP contribution in [0.3, 0.4) is 0 Å². The lowest BCUT2D eigenvalue weighted by Crippen LogP contribution is -2.29. The largest absolute Gasteiger partial charge is 0.497 e. The van der Waals surface area contributed by atoms with Gasteiger partial charge in [-0.2, -0.15) is 0 Å². The van der Waals surface area contributed by atoms with Crippen molar-refractivity contribution in [1.29, 1.82) is 0 Å². The molecule has 0 saturated heterocycles. The van der Waals surface area contributed by atoms with E-state index in [2.05, 4.69) is 5.32 Å². The van der Waals surface area contributed by atoms with Gasteiger partial charge in [0.15, 0.2) is 12.4 Å². The predicted molar refractivity (Wildman–Crippen MR) is 128 cm³/mol. The molecule has 1 heterocycles. The molecule has 0 aliphatic carbocycles. The van der Waals surface area contributed by atoms with E-state index in [0.29, 0.717) is 28.5 Å². The number of benzene rings is 3. The Morgan fingerprint density at radius 2 is 1.79 bits per heavy atom. The van der Waals surface area contributed by atoms with Crippen LogP contribution in [-0.2, 0) is 11.3 Å². The van der Waals surface area contributed by atoms with Crippen LogP contribution in [0.25, 0.3) is 22.3 Å². The van der Waals surface area contributed by atoms with E-state index in [1.165, 1.54) is 0 Å². The second-order valence-corrected chi connectivity index (χ2v) is 7.87. The molecule has 0 bridgehead atoms. The minimum atomic E-state index is -0.403. The molecule has 6 nitrogen and oxygen atoms in total. The lowest BCUT2D eigenvalue weighted by atomic mass is 10.1. The first-order chi connectivity index (χ1) is 16.0. The average molecular weight is 464 g/mol. The minimum Gasteiger partial charge on any atom is -0.497 e.